The van der Waals surface area contributed by atoms with Crippen molar-refractivity contribution in [2.45, 2.75) is 76.7 Å². The van der Waals surface area contributed by atoms with Crippen LogP contribution in [-0.4, -0.2) is 107 Å². The smallest absolute Gasteiger partial charge is 0.410 e. The van der Waals surface area contributed by atoms with E-state index in [9.17, 15) is 29.1 Å². The number of ether oxygens (including phenoxy) is 1. The predicted molar refractivity (Wildman–Crippen MR) is 117 cm³/mol. The van der Waals surface area contributed by atoms with Gasteiger partial charge in [-0.25, -0.2) is 14.4 Å². The largest absolute Gasteiger partial charge is 0.480 e. The third-order valence-corrected chi connectivity index (χ3v) is 5.93. The molecule has 2 rings (SSSR count). The lowest BCUT2D eigenvalue weighted by molar-refractivity contribution is -0.152. The molecular formula is C21H35N5O7. The molecule has 0 bridgehead atoms. The summed E-state index contributed by atoms with van der Waals surface area (Å²) in [5.41, 5.74) is -0.748. The summed E-state index contributed by atoms with van der Waals surface area (Å²) in [4.78, 5) is 66.6. The van der Waals surface area contributed by atoms with E-state index in [0.717, 1.165) is 4.90 Å². The zero-order valence-corrected chi connectivity index (χ0v) is 20.1. The molecule has 2 heterocycles. The van der Waals surface area contributed by atoms with E-state index in [0.29, 0.717) is 25.8 Å². The minimum absolute atomic E-state index is 0.122. The number of amides is 5. The van der Waals surface area contributed by atoms with E-state index in [1.807, 2.05) is 0 Å². The van der Waals surface area contributed by atoms with E-state index in [4.69, 9.17) is 4.74 Å². The molecule has 2 saturated heterocycles. The zero-order chi connectivity index (χ0) is 25.1. The minimum atomic E-state index is -1.16. The van der Waals surface area contributed by atoms with Crippen LogP contribution in [0.25, 0.3) is 0 Å². The number of fused-ring (bicyclic) bond motifs is 1. The number of carboxylic acids is 1. The van der Waals surface area contributed by atoms with Crippen LogP contribution >= 0.6 is 0 Å². The Morgan fingerprint density at radius 2 is 1.82 bits per heavy atom. The molecule has 0 saturated carbocycles. The molecule has 2 aliphatic rings. The number of carboxylic acid groups (broad SMARTS) is 1. The average Bonchev–Trinajstić information content (AvgIpc) is 3.15. The van der Waals surface area contributed by atoms with Gasteiger partial charge in [-0.3, -0.25) is 14.5 Å². The highest BCUT2D eigenvalue weighted by molar-refractivity contribution is 5.93. The Labute approximate surface area is 193 Å². The first-order valence-corrected chi connectivity index (χ1v) is 11.0. The molecule has 5 amide bonds. The zero-order valence-electron chi connectivity index (χ0n) is 20.1. The standard InChI is InChI=1S/C21H35N5O7/c1-12(24(6)20(32)33-21(2,3)4)16(27)23-14-11-25(19(31)22-5)10-9-13-7-8-15(18(29)30)26(13)17(14)28/h12-15H,7-11H2,1-6H3,(H,22,31)(H,23,27)(H,29,30)/t12-,13+,14-,15-/m0/s1. The molecule has 0 spiro atoms. The van der Waals surface area contributed by atoms with Crippen LogP contribution in [0, 0.1) is 0 Å². The predicted octanol–water partition coefficient (Wildman–Crippen LogP) is 0.216. The molecule has 33 heavy (non-hydrogen) atoms. The van der Waals surface area contributed by atoms with Crippen LogP contribution < -0.4 is 10.6 Å². The first-order chi connectivity index (χ1) is 15.3. The lowest BCUT2D eigenvalue weighted by Crippen LogP contribution is -2.62. The molecule has 0 aromatic heterocycles. The lowest BCUT2D eigenvalue weighted by Gasteiger charge is -2.38. The topological polar surface area (TPSA) is 149 Å². The molecule has 2 fully saturated rings. The molecule has 0 unspecified atom stereocenters. The van der Waals surface area contributed by atoms with Crippen LogP contribution in [-0.2, 0) is 19.1 Å². The highest BCUT2D eigenvalue weighted by Gasteiger charge is 2.45. The van der Waals surface area contributed by atoms with Crippen molar-refractivity contribution in [1.82, 2.24) is 25.3 Å². The second-order valence-corrected chi connectivity index (χ2v) is 9.45. The van der Waals surface area contributed by atoms with Gasteiger partial charge < -0.3 is 30.3 Å². The third-order valence-electron chi connectivity index (χ3n) is 5.93. The first kappa shape index (κ1) is 26.2. The Balaban J connectivity index is 2.24. The summed E-state index contributed by atoms with van der Waals surface area (Å²) in [5, 5.41) is 14.7. The number of nitrogens with zero attached hydrogens (tertiary/aromatic N) is 3. The maximum absolute atomic E-state index is 13.4. The van der Waals surface area contributed by atoms with Crippen LogP contribution in [0.4, 0.5) is 9.59 Å². The normalized spacial score (nSPS) is 24.2. The first-order valence-electron chi connectivity index (χ1n) is 11.0. The number of likely N-dealkylation sites (N-methyl/N-ethyl adjacent to an activating group) is 1. The molecule has 0 aromatic carbocycles. The van der Waals surface area contributed by atoms with Crippen LogP contribution in [0.5, 0.6) is 0 Å². The van der Waals surface area contributed by atoms with Crippen LogP contribution in [0.1, 0.15) is 47.0 Å². The summed E-state index contributed by atoms with van der Waals surface area (Å²) in [6.45, 7) is 6.78. The SMILES string of the molecule is CNC(=O)N1CC[C@H]2CC[C@@H](C(=O)O)N2C(=O)[C@@H](NC(=O)[C@H](C)N(C)C(=O)OC(C)(C)C)C1. The number of aliphatic carboxylic acids is 1. The van der Waals surface area contributed by atoms with Gasteiger partial charge in [0.1, 0.15) is 23.7 Å². The molecule has 3 N–H and O–H groups in total. The van der Waals surface area contributed by atoms with Crippen molar-refractivity contribution in [3.8, 4) is 0 Å². The summed E-state index contributed by atoms with van der Waals surface area (Å²) in [7, 11) is 2.88. The van der Waals surface area contributed by atoms with Gasteiger partial charge in [0.2, 0.25) is 11.8 Å². The van der Waals surface area contributed by atoms with Crippen molar-refractivity contribution in [3.05, 3.63) is 0 Å². The van der Waals surface area contributed by atoms with Crippen molar-refractivity contribution < 1.29 is 33.8 Å². The quantitative estimate of drug-likeness (QED) is 0.533. The Hall–Kier alpha value is -3.05. The van der Waals surface area contributed by atoms with Crippen molar-refractivity contribution in [2.24, 2.45) is 0 Å². The summed E-state index contributed by atoms with van der Waals surface area (Å²) < 4.78 is 5.28. The monoisotopic (exact) mass is 469 g/mol. The summed E-state index contributed by atoms with van der Waals surface area (Å²) >= 11 is 0. The van der Waals surface area contributed by atoms with Gasteiger partial charge in [0.25, 0.3) is 0 Å². The number of carbonyl (C=O) groups is 5. The second kappa shape index (κ2) is 10.3. The second-order valence-electron chi connectivity index (χ2n) is 9.45. The van der Waals surface area contributed by atoms with E-state index in [1.54, 1.807) is 20.8 Å². The third kappa shape index (κ3) is 6.26. The van der Waals surface area contributed by atoms with Gasteiger partial charge in [0.05, 0.1) is 6.54 Å². The van der Waals surface area contributed by atoms with E-state index in [-0.39, 0.29) is 12.6 Å². The van der Waals surface area contributed by atoms with Gasteiger partial charge in [0, 0.05) is 26.7 Å². The van der Waals surface area contributed by atoms with Crippen molar-refractivity contribution in [3.63, 3.8) is 0 Å². The maximum atomic E-state index is 13.4. The molecule has 12 nitrogen and oxygen atoms in total. The fourth-order valence-corrected chi connectivity index (χ4v) is 4.03. The highest BCUT2D eigenvalue weighted by atomic mass is 16.6. The fraction of sp³-hybridized carbons (Fsp3) is 0.762. The fourth-order valence-electron chi connectivity index (χ4n) is 4.03. The molecular weight excluding hydrogens is 434 g/mol. The summed E-state index contributed by atoms with van der Waals surface area (Å²) in [6, 6.07) is -3.85. The molecule has 12 heteroatoms. The Morgan fingerprint density at radius 3 is 2.36 bits per heavy atom. The summed E-state index contributed by atoms with van der Waals surface area (Å²) in [5.74, 6) is -2.28. The van der Waals surface area contributed by atoms with Gasteiger partial charge in [-0.2, -0.15) is 0 Å². The van der Waals surface area contributed by atoms with Crippen molar-refractivity contribution >= 4 is 29.9 Å². The maximum Gasteiger partial charge on any atom is 0.410 e. The van der Waals surface area contributed by atoms with Crippen molar-refractivity contribution in [2.75, 3.05) is 27.2 Å². The van der Waals surface area contributed by atoms with E-state index in [2.05, 4.69) is 10.6 Å². The van der Waals surface area contributed by atoms with Crippen LogP contribution in [0.2, 0.25) is 0 Å². The number of nitrogens with one attached hydrogen (secondary N) is 2. The number of hydrogen-bond acceptors (Lipinski definition) is 6. The van der Waals surface area contributed by atoms with Gasteiger partial charge >= 0.3 is 18.1 Å². The van der Waals surface area contributed by atoms with Gasteiger partial charge in [-0.05, 0) is 47.0 Å². The average molecular weight is 470 g/mol. The van der Waals surface area contributed by atoms with E-state index < -0.39 is 53.6 Å². The highest BCUT2D eigenvalue weighted by Crippen LogP contribution is 2.29. The van der Waals surface area contributed by atoms with Crippen LogP contribution in [0.15, 0.2) is 0 Å². The van der Waals surface area contributed by atoms with Gasteiger partial charge in [-0.1, -0.05) is 0 Å². The van der Waals surface area contributed by atoms with Crippen molar-refractivity contribution in [1.29, 1.82) is 0 Å². The Kier molecular flexibility index (Phi) is 8.15. The van der Waals surface area contributed by atoms with Crippen LogP contribution in [0.3, 0.4) is 0 Å². The lowest BCUT2D eigenvalue weighted by atomic mass is 10.1. The number of rotatable bonds is 4. The minimum Gasteiger partial charge on any atom is -0.480 e. The molecule has 0 radical (unpaired) electrons. The Morgan fingerprint density at radius 1 is 1.18 bits per heavy atom. The van der Waals surface area contributed by atoms with Gasteiger partial charge in [-0.15, -0.1) is 0 Å². The molecule has 186 valence electrons. The summed E-state index contributed by atoms with van der Waals surface area (Å²) in [6.07, 6.45) is 0.556. The van der Waals surface area contributed by atoms with Gasteiger partial charge in [0.15, 0.2) is 0 Å². The molecule has 4 atom stereocenters. The number of hydrogen-bond donors (Lipinski definition) is 3. The molecule has 2 aliphatic heterocycles. The molecule has 0 aliphatic carbocycles. The van der Waals surface area contributed by atoms with E-state index in [1.165, 1.54) is 30.8 Å². The number of urea groups is 1. The Bertz CT molecular complexity index is 796. The van der Waals surface area contributed by atoms with E-state index >= 15 is 0 Å². The number of carbonyl (C=O) groups excluding carboxylic acids is 4. The molecule has 0 aromatic rings.